The summed E-state index contributed by atoms with van der Waals surface area (Å²) in [5.74, 6) is 1.17. The average molecular weight is 379 g/mol. The molecule has 2 aliphatic rings. The predicted molar refractivity (Wildman–Crippen MR) is 114 cm³/mol. The summed E-state index contributed by atoms with van der Waals surface area (Å²) in [6.45, 7) is 8.56. The Kier molecular flexibility index (Phi) is 4.27. The van der Waals surface area contributed by atoms with Gasteiger partial charge in [-0.2, -0.15) is 0 Å². The van der Waals surface area contributed by atoms with Crippen molar-refractivity contribution in [2.75, 3.05) is 36.0 Å². The van der Waals surface area contributed by atoms with Crippen molar-refractivity contribution < 1.29 is 0 Å². The SMILES string of the molecule is Cc1cccc(N2CCN(c3ncnc4sc5c(c34)CCCC5)CC2)c1C. The van der Waals surface area contributed by atoms with Gasteiger partial charge in [0, 0.05) is 36.7 Å². The first kappa shape index (κ1) is 17.0. The predicted octanol–water partition coefficient (Wildman–Crippen LogP) is 4.51. The van der Waals surface area contributed by atoms with Gasteiger partial charge in [-0.1, -0.05) is 12.1 Å². The molecule has 0 N–H and O–H groups in total. The Morgan fingerprint density at radius 2 is 1.70 bits per heavy atom. The van der Waals surface area contributed by atoms with Crippen molar-refractivity contribution in [3.63, 3.8) is 0 Å². The Hall–Kier alpha value is -2.14. The quantitative estimate of drug-likeness (QED) is 0.657. The Labute approximate surface area is 164 Å². The average Bonchev–Trinajstić information content (AvgIpc) is 3.09. The number of rotatable bonds is 2. The van der Waals surface area contributed by atoms with Crippen LogP contribution >= 0.6 is 11.3 Å². The summed E-state index contributed by atoms with van der Waals surface area (Å²) < 4.78 is 0. The fraction of sp³-hybridized carbons (Fsp3) is 0.455. The molecule has 1 saturated heterocycles. The summed E-state index contributed by atoms with van der Waals surface area (Å²) in [6.07, 6.45) is 6.79. The largest absolute Gasteiger partial charge is 0.368 e. The van der Waals surface area contributed by atoms with Crippen LogP contribution in [0.4, 0.5) is 11.5 Å². The fourth-order valence-electron chi connectivity index (χ4n) is 4.55. The van der Waals surface area contributed by atoms with Gasteiger partial charge in [0.2, 0.25) is 0 Å². The highest BCUT2D eigenvalue weighted by Gasteiger charge is 2.25. The van der Waals surface area contributed by atoms with Gasteiger partial charge in [0.05, 0.1) is 5.39 Å². The molecule has 4 nitrogen and oxygen atoms in total. The zero-order chi connectivity index (χ0) is 18.4. The van der Waals surface area contributed by atoms with E-state index in [4.69, 9.17) is 4.98 Å². The van der Waals surface area contributed by atoms with E-state index >= 15 is 0 Å². The number of aryl methyl sites for hydroxylation is 3. The Bertz CT molecular complexity index is 985. The maximum atomic E-state index is 4.74. The molecule has 3 aromatic rings. The molecule has 1 aliphatic heterocycles. The number of aromatic nitrogens is 2. The van der Waals surface area contributed by atoms with Gasteiger partial charge in [0.1, 0.15) is 17.0 Å². The maximum absolute atomic E-state index is 4.74. The highest BCUT2D eigenvalue weighted by Crippen LogP contribution is 2.39. The van der Waals surface area contributed by atoms with Crippen LogP contribution in [0.3, 0.4) is 0 Å². The highest BCUT2D eigenvalue weighted by atomic mass is 32.1. The van der Waals surface area contributed by atoms with Crippen molar-refractivity contribution >= 4 is 33.1 Å². The van der Waals surface area contributed by atoms with Gasteiger partial charge in [-0.3, -0.25) is 0 Å². The van der Waals surface area contributed by atoms with E-state index in [-0.39, 0.29) is 0 Å². The van der Waals surface area contributed by atoms with Crippen molar-refractivity contribution in [2.24, 2.45) is 0 Å². The molecule has 5 rings (SSSR count). The highest BCUT2D eigenvalue weighted by molar-refractivity contribution is 7.19. The number of nitrogens with zero attached hydrogens (tertiary/aromatic N) is 4. The van der Waals surface area contributed by atoms with Gasteiger partial charge in [-0.25, -0.2) is 9.97 Å². The van der Waals surface area contributed by atoms with E-state index < -0.39 is 0 Å². The van der Waals surface area contributed by atoms with Crippen molar-refractivity contribution in [1.29, 1.82) is 0 Å². The molecule has 1 aromatic carbocycles. The lowest BCUT2D eigenvalue weighted by Crippen LogP contribution is -2.47. The molecule has 0 amide bonds. The normalized spacial score (nSPS) is 17.4. The fourth-order valence-corrected chi connectivity index (χ4v) is 5.77. The van der Waals surface area contributed by atoms with E-state index in [1.54, 1.807) is 11.2 Å². The Morgan fingerprint density at radius 1 is 0.926 bits per heavy atom. The Morgan fingerprint density at radius 3 is 2.56 bits per heavy atom. The monoisotopic (exact) mass is 378 g/mol. The van der Waals surface area contributed by atoms with Crippen molar-refractivity contribution in [1.82, 2.24) is 9.97 Å². The first-order valence-corrected chi connectivity index (χ1v) is 10.9. The van der Waals surface area contributed by atoms with Gasteiger partial charge >= 0.3 is 0 Å². The summed E-state index contributed by atoms with van der Waals surface area (Å²) >= 11 is 1.89. The minimum absolute atomic E-state index is 1.02. The smallest absolute Gasteiger partial charge is 0.141 e. The summed E-state index contributed by atoms with van der Waals surface area (Å²) in [7, 11) is 0. The van der Waals surface area contributed by atoms with Gasteiger partial charge in [0.25, 0.3) is 0 Å². The van der Waals surface area contributed by atoms with Crippen molar-refractivity contribution in [3.05, 3.63) is 46.1 Å². The second kappa shape index (κ2) is 6.79. The third-order valence-corrected chi connectivity index (χ3v) is 7.43. The van der Waals surface area contributed by atoms with Crippen LogP contribution in [0.1, 0.15) is 34.4 Å². The molecule has 0 saturated carbocycles. The van der Waals surface area contributed by atoms with E-state index in [1.807, 2.05) is 11.3 Å². The summed E-state index contributed by atoms with van der Waals surface area (Å²) in [6, 6.07) is 6.64. The number of benzene rings is 1. The Balaban J connectivity index is 1.43. The summed E-state index contributed by atoms with van der Waals surface area (Å²) in [4.78, 5) is 17.1. The lowest BCUT2D eigenvalue weighted by molar-refractivity contribution is 0.647. The topological polar surface area (TPSA) is 32.3 Å². The third kappa shape index (κ3) is 2.89. The molecule has 0 atom stereocenters. The first-order valence-electron chi connectivity index (χ1n) is 10.0. The second-order valence-corrected chi connectivity index (χ2v) is 8.87. The van der Waals surface area contributed by atoms with E-state index in [2.05, 4.69) is 46.8 Å². The van der Waals surface area contributed by atoms with Crippen LogP contribution in [-0.4, -0.2) is 36.1 Å². The van der Waals surface area contributed by atoms with E-state index in [0.717, 1.165) is 26.2 Å². The first-order chi connectivity index (χ1) is 13.2. The lowest BCUT2D eigenvalue weighted by atomic mass is 9.97. The third-order valence-electron chi connectivity index (χ3n) is 6.23. The summed E-state index contributed by atoms with van der Waals surface area (Å²) in [5, 5.41) is 1.34. The molecule has 0 bridgehead atoms. The van der Waals surface area contributed by atoms with Crippen LogP contribution in [0.2, 0.25) is 0 Å². The molecule has 1 fully saturated rings. The number of thiophene rings is 1. The van der Waals surface area contributed by atoms with Crippen LogP contribution < -0.4 is 9.80 Å². The standard InChI is InChI=1S/C22H26N4S/c1-15-6-5-8-18(16(15)2)25-10-12-26(13-11-25)21-20-17-7-3-4-9-19(17)27-22(20)24-14-23-21/h5-6,8,14H,3-4,7,9-13H2,1-2H3. The molecule has 0 radical (unpaired) electrons. The maximum Gasteiger partial charge on any atom is 0.141 e. The number of fused-ring (bicyclic) bond motifs is 3. The minimum atomic E-state index is 1.02. The summed E-state index contributed by atoms with van der Waals surface area (Å²) in [5.41, 5.74) is 5.70. The molecular weight excluding hydrogens is 352 g/mol. The zero-order valence-corrected chi connectivity index (χ0v) is 17.0. The van der Waals surface area contributed by atoms with Gasteiger partial charge in [0.15, 0.2) is 0 Å². The van der Waals surface area contributed by atoms with Crippen molar-refractivity contribution in [3.8, 4) is 0 Å². The van der Waals surface area contributed by atoms with E-state index in [0.29, 0.717) is 0 Å². The van der Waals surface area contributed by atoms with Gasteiger partial charge in [-0.05, 0) is 62.3 Å². The van der Waals surface area contributed by atoms with Crippen LogP contribution in [0.5, 0.6) is 0 Å². The van der Waals surface area contributed by atoms with Crippen molar-refractivity contribution in [2.45, 2.75) is 39.5 Å². The van der Waals surface area contributed by atoms with E-state index in [1.165, 1.54) is 64.1 Å². The van der Waals surface area contributed by atoms with E-state index in [9.17, 15) is 0 Å². The van der Waals surface area contributed by atoms with Crippen LogP contribution in [0.25, 0.3) is 10.2 Å². The molecule has 140 valence electrons. The lowest BCUT2D eigenvalue weighted by Gasteiger charge is -2.38. The van der Waals surface area contributed by atoms with Crippen LogP contribution in [0, 0.1) is 13.8 Å². The van der Waals surface area contributed by atoms with Gasteiger partial charge in [-0.15, -0.1) is 11.3 Å². The molecule has 2 aromatic heterocycles. The molecule has 27 heavy (non-hydrogen) atoms. The number of hydrogen-bond donors (Lipinski definition) is 0. The molecule has 0 spiro atoms. The van der Waals surface area contributed by atoms with Crippen LogP contribution in [0.15, 0.2) is 24.5 Å². The number of piperazine rings is 1. The molecule has 3 heterocycles. The molecule has 0 unspecified atom stereocenters. The molecule has 5 heteroatoms. The molecule has 1 aliphatic carbocycles. The van der Waals surface area contributed by atoms with Crippen LogP contribution in [-0.2, 0) is 12.8 Å². The molecular formula is C22H26N4S. The number of anilines is 2. The second-order valence-electron chi connectivity index (χ2n) is 7.78. The van der Waals surface area contributed by atoms with Gasteiger partial charge < -0.3 is 9.80 Å². The minimum Gasteiger partial charge on any atom is -0.368 e. The zero-order valence-electron chi connectivity index (χ0n) is 16.2. The number of hydrogen-bond acceptors (Lipinski definition) is 5.